The van der Waals surface area contributed by atoms with E-state index in [1.807, 2.05) is 118 Å². The molecule has 12 N–H and O–H groups in total. The molecule has 8 heterocycles. The lowest BCUT2D eigenvalue weighted by molar-refractivity contribution is 0.0981. The summed E-state index contributed by atoms with van der Waals surface area (Å²) in [5.74, 6) is 4.59. The smallest absolute Gasteiger partial charge is 0.263 e. The number of furan rings is 4. The number of pyridine rings is 2. The molecule has 0 aliphatic carbocycles. The molecule has 0 aliphatic heterocycles. The SMILES string of the molecule is CC[C@@H](Nc1c(Nc2cccc(C(=O)N(C)c3cc(C)on3)c2O)c(=O)c1=O)c1ccc(C)o1.CC[C@@H](Nc1c(Nc2cccc(C(=O)N(C)c3ccccn3)c2O)c(=O)c1=O)c1ccc(C)o1.Cc1cc(N(C)C(=O)c2cccc(Nc3c(N[C@@H](c4ccc(C)o4)C(C)C)c(=O)c3=O)c2O)no1.Cc1ccc([C@H](Nc2c(Nc3cccc(C(=O)N(C)c4ccccn4)c3O)c(=O)c2=O)C(C)C)o1. The number of aryl methyl sites for hydroxylation is 6. The largest absolute Gasteiger partial charge is 0.505 e. The predicted octanol–water partition coefficient (Wildman–Crippen LogP) is 15.8. The third-order valence-electron chi connectivity index (χ3n) is 22.6. The van der Waals surface area contributed by atoms with Crippen LogP contribution < -0.4 is 106 Å². The summed E-state index contributed by atoms with van der Waals surface area (Å²) in [5, 5.41) is 74.4. The Kier molecular flexibility index (Phi) is 29.7. The van der Waals surface area contributed by atoms with Crippen molar-refractivity contribution >= 4 is 115 Å². The highest BCUT2D eigenvalue weighted by Crippen LogP contribution is 2.41. The Morgan fingerprint density at radius 2 is 0.565 bits per heavy atom. The van der Waals surface area contributed by atoms with Gasteiger partial charge in [-0.15, -0.1) is 0 Å². The molecular weight excluding hydrogens is 1780 g/mol. The zero-order valence-electron chi connectivity index (χ0n) is 77.9. The standard InChI is InChI=1S/C26H26N4O5.C25H26N4O6.C25H24N4O5.C24H24N4O6/c1-14(2)20(18-12-11-15(3)35-18)29-22-21(24(32)25(22)33)28-17-9-7-8-16(23(17)31)26(34)30(4)19-10-5-6-13-27-19;1-12(2)19(17-10-9-13(3)34-17)27-21-20(23(31)24(21)32)26-16-8-6-7-15(22(16)30)25(33)29(5)18-11-14(4)35-28-18;1-4-16(18-12-11-14(2)34-18)27-20-21(24(32)23(20)31)28-17-9-7-8-15(22(17)30)25(33)29(3)19-10-5-6-13-26-19;1-5-15(17-10-9-12(2)33-17)25-19-20(23(31)22(19)30)26-16-8-6-7-14(21(16)29)24(32)28(4)18-11-13(3)34-27-18/h5-14,20,28-29,31H,1-4H3;6-12,19,26-27,30H,1-5H3;5-13,16,27-28,30H,4H2,1-3H3;6-11,15,25-26,29H,5H2,1-4H3/t20-;19-;16-;15-/m1111/s1. The lowest BCUT2D eigenvalue weighted by atomic mass is 10.0. The minimum Gasteiger partial charge on any atom is -0.505 e. The number of aromatic nitrogens is 4. The first-order chi connectivity index (χ1) is 65.8. The van der Waals surface area contributed by atoms with Crippen LogP contribution in [-0.4, -0.2) is 92.5 Å². The highest BCUT2D eigenvalue weighted by molar-refractivity contribution is 6.11. The van der Waals surface area contributed by atoms with E-state index in [-0.39, 0.29) is 161 Å². The number of hydrogen-bond acceptors (Lipinski definition) is 34. The quantitative estimate of drug-likeness (QED) is 0.0138. The van der Waals surface area contributed by atoms with Crippen molar-refractivity contribution in [1.82, 2.24) is 20.3 Å². The molecule has 38 heteroatoms. The number of anilines is 16. The summed E-state index contributed by atoms with van der Waals surface area (Å²) in [6.07, 6.45) is 4.34. The van der Waals surface area contributed by atoms with Gasteiger partial charge in [0.25, 0.3) is 67.1 Å². The average Bonchev–Trinajstić information content (AvgIpc) is 1.08. The van der Waals surface area contributed by atoms with Crippen molar-refractivity contribution < 1.29 is 66.3 Å². The molecule has 0 unspecified atom stereocenters. The van der Waals surface area contributed by atoms with Gasteiger partial charge >= 0.3 is 0 Å². The van der Waals surface area contributed by atoms with Crippen LogP contribution in [0.2, 0.25) is 0 Å². The van der Waals surface area contributed by atoms with Gasteiger partial charge in [-0.2, -0.15) is 0 Å². The number of para-hydroxylation sites is 4. The van der Waals surface area contributed by atoms with Crippen LogP contribution in [0.4, 0.5) is 91.5 Å². The first-order valence-electron chi connectivity index (χ1n) is 43.6. The molecule has 0 fully saturated rings. The number of rotatable bonds is 32. The summed E-state index contributed by atoms with van der Waals surface area (Å²) in [6, 6.07) is 44.8. The maximum atomic E-state index is 13.0. The molecule has 38 nitrogen and oxygen atoms in total. The van der Waals surface area contributed by atoms with Crippen molar-refractivity contribution in [2.24, 2.45) is 11.8 Å². The van der Waals surface area contributed by atoms with Crippen LogP contribution in [0.3, 0.4) is 0 Å². The summed E-state index contributed by atoms with van der Waals surface area (Å²) >= 11 is 0. The molecule has 712 valence electrons. The molecule has 16 rings (SSSR count). The molecule has 138 heavy (non-hydrogen) atoms. The predicted molar refractivity (Wildman–Crippen MR) is 522 cm³/mol. The second-order valence-electron chi connectivity index (χ2n) is 33.1. The first kappa shape index (κ1) is 98.0. The molecule has 0 saturated heterocycles. The van der Waals surface area contributed by atoms with Crippen molar-refractivity contribution in [2.45, 2.75) is 120 Å². The number of hydrogen-bond donors (Lipinski definition) is 12. The van der Waals surface area contributed by atoms with E-state index in [1.54, 1.807) is 113 Å². The molecule has 8 aromatic carbocycles. The molecule has 8 aromatic heterocycles. The molecule has 4 amide bonds. The highest BCUT2D eigenvalue weighted by Gasteiger charge is 2.35. The molecule has 0 spiro atoms. The fourth-order valence-electron chi connectivity index (χ4n) is 14.7. The first-order valence-corrected chi connectivity index (χ1v) is 43.6. The van der Waals surface area contributed by atoms with E-state index >= 15 is 0 Å². The average molecular weight is 1880 g/mol. The van der Waals surface area contributed by atoms with Gasteiger partial charge in [-0.05, 0) is 188 Å². The summed E-state index contributed by atoms with van der Waals surface area (Å²) in [5.41, 5.74) is -4.65. The Morgan fingerprint density at radius 1 is 0.312 bits per heavy atom. The minimum absolute atomic E-state index is 0.00399. The van der Waals surface area contributed by atoms with Crippen LogP contribution in [-0.2, 0) is 0 Å². The van der Waals surface area contributed by atoms with Crippen LogP contribution in [0.5, 0.6) is 23.0 Å². The maximum Gasteiger partial charge on any atom is 0.263 e. The summed E-state index contributed by atoms with van der Waals surface area (Å²) in [7, 11) is 6.09. The fourth-order valence-corrected chi connectivity index (χ4v) is 14.7. The van der Waals surface area contributed by atoms with Crippen LogP contribution in [0.1, 0.15) is 178 Å². The van der Waals surface area contributed by atoms with Crippen molar-refractivity contribution in [1.29, 1.82) is 0 Å². The number of carbonyl (C=O) groups is 4. The number of aromatic hydroxyl groups is 4. The van der Waals surface area contributed by atoms with E-state index in [2.05, 4.69) is 62.8 Å². The monoisotopic (exact) mass is 1880 g/mol. The summed E-state index contributed by atoms with van der Waals surface area (Å²) in [4.78, 5) is 164. The number of phenolic OH excluding ortho intramolecular Hbond substituents is 4. The van der Waals surface area contributed by atoms with E-state index in [4.69, 9.17) is 26.7 Å². The number of benzene rings is 4. The van der Waals surface area contributed by atoms with Crippen LogP contribution >= 0.6 is 0 Å². The van der Waals surface area contributed by atoms with Crippen molar-refractivity contribution in [3.63, 3.8) is 0 Å². The van der Waals surface area contributed by atoms with Gasteiger partial charge in [-0.3, -0.25) is 77.1 Å². The number of phenols is 4. The second-order valence-corrected chi connectivity index (χ2v) is 33.1. The minimum atomic E-state index is -0.725. The number of carbonyl (C=O) groups excluding carboxylic acids is 4. The normalized spacial score (nSPS) is 12.0. The van der Waals surface area contributed by atoms with E-state index in [0.717, 1.165) is 23.0 Å². The van der Waals surface area contributed by atoms with Gasteiger partial charge in [-0.1, -0.05) is 88.3 Å². The molecule has 0 bridgehead atoms. The van der Waals surface area contributed by atoms with Crippen molar-refractivity contribution in [3.8, 4) is 23.0 Å². The van der Waals surface area contributed by atoms with Gasteiger partial charge in [0.15, 0.2) is 34.6 Å². The Balaban J connectivity index is 0.000000155. The van der Waals surface area contributed by atoms with Gasteiger partial charge in [0.1, 0.15) is 115 Å². The van der Waals surface area contributed by atoms with Crippen LogP contribution in [0.25, 0.3) is 0 Å². The Morgan fingerprint density at radius 3 is 0.790 bits per heavy atom. The van der Waals surface area contributed by atoms with Crippen LogP contribution in [0.15, 0.2) is 247 Å². The highest BCUT2D eigenvalue weighted by atomic mass is 16.5. The topological polar surface area (TPSA) is 525 Å². The Labute approximate surface area is 787 Å². The number of nitrogens with one attached hydrogen (secondary N) is 8. The summed E-state index contributed by atoms with van der Waals surface area (Å²) in [6.45, 7) is 22.4. The molecular formula is C100H100N16O22. The molecule has 16 aromatic rings. The maximum absolute atomic E-state index is 13.0. The Bertz CT molecular complexity index is 7470. The third kappa shape index (κ3) is 20.8. The van der Waals surface area contributed by atoms with E-state index in [9.17, 15) is 78.0 Å². The lowest BCUT2D eigenvalue weighted by Gasteiger charge is -2.24. The van der Waals surface area contributed by atoms with Gasteiger partial charge in [-0.25, -0.2) is 9.97 Å². The molecule has 0 saturated carbocycles. The molecule has 0 radical (unpaired) electrons. The van der Waals surface area contributed by atoms with E-state index in [0.29, 0.717) is 59.0 Å². The molecule has 4 atom stereocenters. The third-order valence-corrected chi connectivity index (χ3v) is 22.6. The van der Waals surface area contributed by atoms with Gasteiger partial charge in [0, 0.05) is 52.7 Å². The van der Waals surface area contributed by atoms with Crippen LogP contribution in [0, 0.1) is 53.4 Å². The number of nitrogens with zero attached hydrogens (tertiary/aromatic N) is 8. The van der Waals surface area contributed by atoms with Crippen molar-refractivity contribution in [2.75, 3.05) is 90.3 Å². The molecule has 0 aliphatic rings. The number of amides is 4. The second kappa shape index (κ2) is 41.8. The zero-order chi connectivity index (χ0) is 99.7. The van der Waals surface area contributed by atoms with E-state index < -0.39 is 67.1 Å². The zero-order valence-corrected chi connectivity index (χ0v) is 77.9. The lowest BCUT2D eigenvalue weighted by Crippen LogP contribution is -2.38. The summed E-state index contributed by atoms with van der Waals surface area (Å²) < 4.78 is 32.7. The van der Waals surface area contributed by atoms with Gasteiger partial charge in [0.2, 0.25) is 0 Å². The van der Waals surface area contributed by atoms with E-state index in [1.165, 1.54) is 82.2 Å². The Hall–Kier alpha value is -17.5. The van der Waals surface area contributed by atoms with Gasteiger partial charge < -0.3 is 89.7 Å². The van der Waals surface area contributed by atoms with Crippen molar-refractivity contribution in [3.05, 3.63) is 344 Å². The van der Waals surface area contributed by atoms with Gasteiger partial charge in [0.05, 0.1) is 69.2 Å². The fraction of sp³-hybridized carbons (Fsp3) is 0.240.